The van der Waals surface area contributed by atoms with Gasteiger partial charge in [0.1, 0.15) is 6.10 Å². The lowest BCUT2D eigenvalue weighted by Crippen LogP contribution is -2.64. The third kappa shape index (κ3) is 3.60. The van der Waals surface area contributed by atoms with Crippen LogP contribution in [0.3, 0.4) is 0 Å². The lowest BCUT2D eigenvalue weighted by molar-refractivity contribution is -0.437. The van der Waals surface area contributed by atoms with Crippen molar-refractivity contribution in [3.8, 4) is 0 Å². The van der Waals surface area contributed by atoms with Crippen molar-refractivity contribution in [2.45, 2.75) is 57.9 Å². The fourth-order valence-corrected chi connectivity index (χ4v) is 2.50. The zero-order chi connectivity index (χ0) is 17.0. The second-order valence-corrected chi connectivity index (χ2v) is 5.52. The molecular formula is C15H28O7. The zero-order valence-corrected chi connectivity index (χ0v) is 14.3. The number of ether oxygens (including phenoxy) is 5. The summed E-state index contributed by atoms with van der Waals surface area (Å²) in [4.78, 5) is 11.9. The van der Waals surface area contributed by atoms with Crippen molar-refractivity contribution in [3.63, 3.8) is 0 Å². The maximum Gasteiger partial charge on any atom is 0.311 e. The average molecular weight is 320 g/mol. The van der Waals surface area contributed by atoms with Crippen LogP contribution in [-0.2, 0) is 28.5 Å². The Balaban J connectivity index is 2.87. The minimum Gasteiger partial charge on any atom is -0.466 e. The zero-order valence-electron chi connectivity index (χ0n) is 14.3. The molecule has 0 unspecified atom stereocenters. The first-order valence-corrected chi connectivity index (χ1v) is 7.55. The van der Waals surface area contributed by atoms with E-state index in [1.54, 1.807) is 20.8 Å². The van der Waals surface area contributed by atoms with Gasteiger partial charge in [0.25, 0.3) is 0 Å². The molecule has 0 aromatic carbocycles. The van der Waals surface area contributed by atoms with E-state index >= 15 is 0 Å². The van der Waals surface area contributed by atoms with Gasteiger partial charge in [0.2, 0.25) is 11.6 Å². The summed E-state index contributed by atoms with van der Waals surface area (Å²) < 4.78 is 27.3. The monoisotopic (exact) mass is 320 g/mol. The molecule has 0 aromatic heterocycles. The van der Waals surface area contributed by atoms with E-state index < -0.39 is 35.7 Å². The fourth-order valence-electron chi connectivity index (χ4n) is 2.50. The highest BCUT2D eigenvalue weighted by Gasteiger charge is 2.55. The van der Waals surface area contributed by atoms with E-state index in [1.165, 1.54) is 14.2 Å². The summed E-state index contributed by atoms with van der Waals surface area (Å²) in [6.45, 7) is 7.25. The molecule has 7 heteroatoms. The minimum absolute atomic E-state index is 0.0837. The number of hydrogen-bond donors (Lipinski definition) is 1. The van der Waals surface area contributed by atoms with Crippen LogP contribution in [0.15, 0.2) is 0 Å². The van der Waals surface area contributed by atoms with E-state index in [0.29, 0.717) is 6.42 Å². The third-order valence-corrected chi connectivity index (χ3v) is 4.33. The van der Waals surface area contributed by atoms with E-state index in [9.17, 15) is 9.90 Å². The predicted molar refractivity (Wildman–Crippen MR) is 78.1 cm³/mol. The van der Waals surface area contributed by atoms with Crippen LogP contribution in [-0.4, -0.2) is 62.3 Å². The second-order valence-electron chi connectivity index (χ2n) is 5.52. The van der Waals surface area contributed by atoms with Gasteiger partial charge in [-0.25, -0.2) is 0 Å². The van der Waals surface area contributed by atoms with Crippen molar-refractivity contribution in [3.05, 3.63) is 0 Å². The average Bonchev–Trinajstić information content (AvgIpc) is 2.51. The van der Waals surface area contributed by atoms with E-state index in [1.807, 2.05) is 6.92 Å². The Morgan fingerprint density at radius 3 is 2.32 bits per heavy atom. The fraction of sp³-hybridized carbons (Fsp3) is 0.933. The maximum absolute atomic E-state index is 11.9. The third-order valence-electron chi connectivity index (χ3n) is 4.33. The van der Waals surface area contributed by atoms with E-state index in [-0.39, 0.29) is 13.2 Å². The van der Waals surface area contributed by atoms with Gasteiger partial charge in [-0.3, -0.25) is 4.79 Å². The maximum atomic E-state index is 11.9. The number of methoxy groups -OCH3 is 2. The smallest absolute Gasteiger partial charge is 0.311 e. The number of carbonyl (C=O) groups is 1. The molecule has 0 aliphatic carbocycles. The van der Waals surface area contributed by atoms with Gasteiger partial charge in [0.05, 0.1) is 25.2 Å². The highest BCUT2D eigenvalue weighted by molar-refractivity contribution is 5.73. The molecule has 0 saturated carbocycles. The molecule has 1 aliphatic heterocycles. The van der Waals surface area contributed by atoms with Gasteiger partial charge in [-0.2, -0.15) is 0 Å². The molecular weight excluding hydrogens is 292 g/mol. The predicted octanol–water partition coefficient (Wildman–Crippen LogP) is 1.08. The lowest BCUT2D eigenvalue weighted by Gasteiger charge is -2.50. The van der Waals surface area contributed by atoms with Crippen LogP contribution in [0.2, 0.25) is 0 Å². The van der Waals surface area contributed by atoms with Crippen molar-refractivity contribution in [1.82, 2.24) is 0 Å². The molecule has 0 spiro atoms. The molecule has 0 bridgehead atoms. The summed E-state index contributed by atoms with van der Waals surface area (Å²) in [7, 11) is 2.96. The molecule has 0 aromatic rings. The van der Waals surface area contributed by atoms with Crippen molar-refractivity contribution < 1.29 is 33.6 Å². The number of aliphatic hydroxyl groups is 1. The van der Waals surface area contributed by atoms with E-state index in [2.05, 4.69) is 0 Å². The van der Waals surface area contributed by atoms with Crippen molar-refractivity contribution in [2.24, 2.45) is 5.92 Å². The number of esters is 1. The Kier molecular flexibility index (Phi) is 6.76. The number of carbonyl (C=O) groups excluding carboxylic acids is 1. The van der Waals surface area contributed by atoms with Crippen LogP contribution in [0.4, 0.5) is 0 Å². The van der Waals surface area contributed by atoms with E-state index in [4.69, 9.17) is 23.7 Å². The molecule has 0 radical (unpaired) electrons. The van der Waals surface area contributed by atoms with Crippen LogP contribution in [0.5, 0.6) is 0 Å². The SMILES string of the molecule is CCOC(=O)[C@H](CC)[C@@H](O)[C@@H]1CO[C@@](C)(OC)[C@](C)(OC)O1. The summed E-state index contributed by atoms with van der Waals surface area (Å²) in [5.74, 6) is -3.44. The molecule has 1 saturated heterocycles. The van der Waals surface area contributed by atoms with Crippen LogP contribution < -0.4 is 0 Å². The normalized spacial score (nSPS) is 35.0. The van der Waals surface area contributed by atoms with Gasteiger partial charge in [-0.15, -0.1) is 0 Å². The highest BCUT2D eigenvalue weighted by Crippen LogP contribution is 2.38. The molecule has 130 valence electrons. The molecule has 7 nitrogen and oxygen atoms in total. The van der Waals surface area contributed by atoms with Gasteiger partial charge >= 0.3 is 5.97 Å². The largest absolute Gasteiger partial charge is 0.466 e. The van der Waals surface area contributed by atoms with Crippen molar-refractivity contribution in [1.29, 1.82) is 0 Å². The van der Waals surface area contributed by atoms with Gasteiger partial charge in [0.15, 0.2) is 0 Å². The van der Waals surface area contributed by atoms with Gasteiger partial charge in [-0.1, -0.05) is 6.92 Å². The number of hydrogen-bond acceptors (Lipinski definition) is 7. The molecule has 0 amide bonds. The standard InChI is InChI=1S/C15H28O7/c1-7-10(13(17)20-8-2)12(16)11-9-21-14(3,18-5)15(4,19-6)22-11/h10-12,16H,7-9H2,1-6H3/t10-,11+,12-,14-,15-/m1/s1. The molecule has 1 aliphatic rings. The molecule has 1 fully saturated rings. The molecule has 1 heterocycles. The van der Waals surface area contributed by atoms with Crippen molar-refractivity contribution >= 4 is 5.97 Å². The summed E-state index contributed by atoms with van der Waals surface area (Å²) in [5.41, 5.74) is 0. The molecule has 22 heavy (non-hydrogen) atoms. The van der Waals surface area contributed by atoms with Gasteiger partial charge < -0.3 is 28.8 Å². The summed E-state index contributed by atoms with van der Waals surface area (Å²) in [5, 5.41) is 10.5. The topological polar surface area (TPSA) is 83.5 Å². The Hall–Kier alpha value is -0.730. The lowest BCUT2D eigenvalue weighted by atomic mass is 9.94. The summed E-state index contributed by atoms with van der Waals surface area (Å²) >= 11 is 0. The first kappa shape index (κ1) is 19.3. The first-order chi connectivity index (χ1) is 10.3. The molecule has 1 N–H and O–H groups in total. The van der Waals surface area contributed by atoms with Crippen LogP contribution in [0.1, 0.15) is 34.1 Å². The second kappa shape index (κ2) is 7.70. The summed E-state index contributed by atoms with van der Waals surface area (Å²) in [6, 6.07) is 0. The quantitative estimate of drug-likeness (QED) is 0.703. The van der Waals surface area contributed by atoms with Crippen LogP contribution in [0, 0.1) is 5.92 Å². The Morgan fingerprint density at radius 2 is 1.86 bits per heavy atom. The molecule has 1 rings (SSSR count). The van der Waals surface area contributed by atoms with Gasteiger partial charge in [0, 0.05) is 14.2 Å². The molecule has 5 atom stereocenters. The Bertz CT molecular complexity index is 375. The minimum atomic E-state index is -1.21. The van der Waals surface area contributed by atoms with Gasteiger partial charge in [-0.05, 0) is 27.2 Å². The number of aliphatic hydroxyl groups excluding tert-OH is 1. The Morgan fingerprint density at radius 1 is 1.27 bits per heavy atom. The highest BCUT2D eigenvalue weighted by atomic mass is 16.8. The van der Waals surface area contributed by atoms with Crippen LogP contribution in [0.25, 0.3) is 0 Å². The van der Waals surface area contributed by atoms with Crippen molar-refractivity contribution in [2.75, 3.05) is 27.4 Å². The number of rotatable bonds is 7. The van der Waals surface area contributed by atoms with Crippen LogP contribution >= 0.6 is 0 Å². The van der Waals surface area contributed by atoms with E-state index in [0.717, 1.165) is 0 Å². The summed E-state index contributed by atoms with van der Waals surface area (Å²) in [6.07, 6.45) is -1.34. The first-order valence-electron chi connectivity index (χ1n) is 7.55. The Labute approximate surface area is 131 Å².